The highest BCUT2D eigenvalue weighted by atomic mass is 16.5. The summed E-state index contributed by atoms with van der Waals surface area (Å²) in [7, 11) is 4.80. The van der Waals surface area contributed by atoms with Gasteiger partial charge in [-0.05, 0) is 48.9 Å². The molecule has 112 valence electrons. The molecule has 0 aromatic heterocycles. The standard InChI is InChI=1S/C16H24O4/c1-18-8-4-6-13-10-14(7-5-9-19-2)12-15(11-13)16(17)20-3/h10-12H,4-9H2,1-3H3. The molecule has 0 saturated carbocycles. The molecule has 4 nitrogen and oxygen atoms in total. The van der Waals surface area contributed by atoms with Crippen LogP contribution in [0.4, 0.5) is 0 Å². The van der Waals surface area contributed by atoms with Gasteiger partial charge in [-0.2, -0.15) is 0 Å². The Hall–Kier alpha value is -1.39. The van der Waals surface area contributed by atoms with E-state index in [9.17, 15) is 4.79 Å². The molecule has 0 aliphatic rings. The molecule has 0 atom stereocenters. The van der Waals surface area contributed by atoms with Gasteiger partial charge in [-0.25, -0.2) is 4.79 Å². The number of ether oxygens (including phenoxy) is 3. The van der Waals surface area contributed by atoms with Gasteiger partial charge >= 0.3 is 5.97 Å². The van der Waals surface area contributed by atoms with Crippen LogP contribution in [-0.4, -0.2) is 40.5 Å². The third-order valence-corrected chi connectivity index (χ3v) is 3.10. The number of aryl methyl sites for hydroxylation is 2. The highest BCUT2D eigenvalue weighted by molar-refractivity contribution is 5.89. The van der Waals surface area contributed by atoms with Gasteiger partial charge in [-0.15, -0.1) is 0 Å². The molecule has 0 N–H and O–H groups in total. The Bertz CT molecular complexity index is 387. The van der Waals surface area contributed by atoms with Crippen molar-refractivity contribution in [3.63, 3.8) is 0 Å². The van der Waals surface area contributed by atoms with E-state index in [0.717, 1.165) is 50.0 Å². The Kier molecular flexibility index (Phi) is 7.92. The van der Waals surface area contributed by atoms with Gasteiger partial charge < -0.3 is 14.2 Å². The smallest absolute Gasteiger partial charge is 0.337 e. The maximum absolute atomic E-state index is 11.7. The van der Waals surface area contributed by atoms with Crippen molar-refractivity contribution in [1.82, 2.24) is 0 Å². The van der Waals surface area contributed by atoms with Crippen molar-refractivity contribution in [2.24, 2.45) is 0 Å². The minimum atomic E-state index is -0.286. The van der Waals surface area contributed by atoms with Crippen LogP contribution in [0.25, 0.3) is 0 Å². The molecule has 0 aliphatic carbocycles. The molecule has 1 aromatic rings. The van der Waals surface area contributed by atoms with Crippen LogP contribution in [0.1, 0.15) is 34.3 Å². The number of esters is 1. The minimum Gasteiger partial charge on any atom is -0.465 e. The van der Waals surface area contributed by atoms with Crippen molar-refractivity contribution in [2.75, 3.05) is 34.5 Å². The van der Waals surface area contributed by atoms with Crippen molar-refractivity contribution < 1.29 is 19.0 Å². The Labute approximate surface area is 121 Å². The summed E-state index contributed by atoms with van der Waals surface area (Å²) in [6.45, 7) is 1.45. The van der Waals surface area contributed by atoms with E-state index in [0.29, 0.717) is 5.56 Å². The van der Waals surface area contributed by atoms with Gasteiger partial charge in [-0.3, -0.25) is 0 Å². The fourth-order valence-corrected chi connectivity index (χ4v) is 2.13. The average molecular weight is 280 g/mol. The predicted octanol–water partition coefficient (Wildman–Crippen LogP) is 2.63. The number of hydrogen-bond donors (Lipinski definition) is 0. The average Bonchev–Trinajstić information content (AvgIpc) is 2.47. The monoisotopic (exact) mass is 280 g/mol. The SMILES string of the molecule is COCCCc1cc(CCCOC)cc(C(=O)OC)c1. The largest absolute Gasteiger partial charge is 0.465 e. The summed E-state index contributed by atoms with van der Waals surface area (Å²) in [4.78, 5) is 11.7. The van der Waals surface area contributed by atoms with E-state index in [1.54, 1.807) is 14.2 Å². The predicted molar refractivity (Wildman–Crippen MR) is 78.2 cm³/mol. The highest BCUT2D eigenvalue weighted by Gasteiger charge is 2.09. The topological polar surface area (TPSA) is 44.8 Å². The van der Waals surface area contributed by atoms with Crippen molar-refractivity contribution in [2.45, 2.75) is 25.7 Å². The fraction of sp³-hybridized carbons (Fsp3) is 0.562. The maximum Gasteiger partial charge on any atom is 0.337 e. The van der Waals surface area contributed by atoms with Crippen LogP contribution in [-0.2, 0) is 27.1 Å². The van der Waals surface area contributed by atoms with Gasteiger partial charge in [0.1, 0.15) is 0 Å². The molecular formula is C16H24O4. The Morgan fingerprint density at radius 1 is 0.900 bits per heavy atom. The van der Waals surface area contributed by atoms with Crippen LogP contribution < -0.4 is 0 Å². The number of methoxy groups -OCH3 is 3. The van der Waals surface area contributed by atoms with Gasteiger partial charge in [0, 0.05) is 27.4 Å². The van der Waals surface area contributed by atoms with Crippen molar-refractivity contribution in [1.29, 1.82) is 0 Å². The molecule has 1 rings (SSSR count). The summed E-state index contributed by atoms with van der Waals surface area (Å²) in [5.41, 5.74) is 2.92. The first-order valence-electron chi connectivity index (χ1n) is 6.90. The van der Waals surface area contributed by atoms with Crippen LogP contribution in [0, 0.1) is 0 Å². The van der Waals surface area contributed by atoms with E-state index in [1.165, 1.54) is 7.11 Å². The third kappa shape index (κ3) is 5.72. The molecule has 0 spiro atoms. The van der Waals surface area contributed by atoms with E-state index in [1.807, 2.05) is 12.1 Å². The van der Waals surface area contributed by atoms with Crippen LogP contribution >= 0.6 is 0 Å². The van der Waals surface area contributed by atoms with Crippen molar-refractivity contribution >= 4 is 5.97 Å². The van der Waals surface area contributed by atoms with E-state index >= 15 is 0 Å². The number of rotatable bonds is 9. The first kappa shape index (κ1) is 16.7. The van der Waals surface area contributed by atoms with E-state index < -0.39 is 0 Å². The lowest BCUT2D eigenvalue weighted by atomic mass is 10.00. The first-order valence-corrected chi connectivity index (χ1v) is 6.90. The van der Waals surface area contributed by atoms with Crippen LogP contribution in [0.5, 0.6) is 0 Å². The van der Waals surface area contributed by atoms with Crippen molar-refractivity contribution in [3.05, 3.63) is 34.9 Å². The molecule has 0 aliphatic heterocycles. The highest BCUT2D eigenvalue weighted by Crippen LogP contribution is 2.15. The van der Waals surface area contributed by atoms with Gasteiger partial charge in [0.2, 0.25) is 0 Å². The maximum atomic E-state index is 11.7. The molecule has 0 unspecified atom stereocenters. The second-order valence-electron chi connectivity index (χ2n) is 4.72. The Morgan fingerprint density at radius 3 is 1.80 bits per heavy atom. The zero-order chi connectivity index (χ0) is 14.8. The van der Waals surface area contributed by atoms with E-state index in [2.05, 4.69) is 6.07 Å². The molecule has 0 bridgehead atoms. The number of carbonyl (C=O) groups is 1. The third-order valence-electron chi connectivity index (χ3n) is 3.10. The second kappa shape index (κ2) is 9.50. The molecule has 0 amide bonds. The summed E-state index contributed by atoms with van der Waals surface area (Å²) >= 11 is 0. The fourth-order valence-electron chi connectivity index (χ4n) is 2.13. The molecule has 20 heavy (non-hydrogen) atoms. The molecule has 4 heteroatoms. The summed E-state index contributed by atoms with van der Waals surface area (Å²) in [6, 6.07) is 5.96. The molecule has 0 radical (unpaired) electrons. The summed E-state index contributed by atoms with van der Waals surface area (Å²) in [5.74, 6) is -0.286. The number of benzene rings is 1. The lowest BCUT2D eigenvalue weighted by Gasteiger charge is -2.09. The normalized spacial score (nSPS) is 10.6. The minimum absolute atomic E-state index is 0.286. The van der Waals surface area contributed by atoms with Crippen LogP contribution in [0.2, 0.25) is 0 Å². The van der Waals surface area contributed by atoms with Gasteiger partial charge in [0.05, 0.1) is 12.7 Å². The number of carbonyl (C=O) groups excluding carboxylic acids is 1. The van der Waals surface area contributed by atoms with Gasteiger partial charge in [-0.1, -0.05) is 6.07 Å². The summed E-state index contributed by atoms with van der Waals surface area (Å²) in [5, 5.41) is 0. The molecular weight excluding hydrogens is 256 g/mol. The van der Waals surface area contributed by atoms with Gasteiger partial charge in [0.15, 0.2) is 0 Å². The van der Waals surface area contributed by atoms with E-state index in [4.69, 9.17) is 14.2 Å². The lowest BCUT2D eigenvalue weighted by Crippen LogP contribution is -2.05. The quantitative estimate of drug-likeness (QED) is 0.515. The zero-order valence-electron chi connectivity index (χ0n) is 12.6. The Balaban J connectivity index is 2.80. The molecule has 1 aromatic carbocycles. The lowest BCUT2D eigenvalue weighted by molar-refractivity contribution is 0.0600. The van der Waals surface area contributed by atoms with Crippen molar-refractivity contribution in [3.8, 4) is 0 Å². The summed E-state index contributed by atoms with van der Waals surface area (Å²) < 4.78 is 14.9. The first-order chi connectivity index (χ1) is 9.71. The van der Waals surface area contributed by atoms with Crippen LogP contribution in [0.3, 0.4) is 0 Å². The van der Waals surface area contributed by atoms with Crippen LogP contribution in [0.15, 0.2) is 18.2 Å². The zero-order valence-corrected chi connectivity index (χ0v) is 12.6. The molecule has 0 fully saturated rings. The van der Waals surface area contributed by atoms with Gasteiger partial charge in [0.25, 0.3) is 0 Å². The second-order valence-corrected chi connectivity index (χ2v) is 4.72. The van der Waals surface area contributed by atoms with E-state index in [-0.39, 0.29) is 5.97 Å². The summed E-state index contributed by atoms with van der Waals surface area (Å²) in [6.07, 6.45) is 3.68. The number of hydrogen-bond acceptors (Lipinski definition) is 4. The molecule has 0 heterocycles. The Morgan fingerprint density at radius 2 is 1.40 bits per heavy atom. The molecule has 0 saturated heterocycles.